The van der Waals surface area contributed by atoms with E-state index >= 15 is 0 Å². The average molecular weight is 320 g/mol. The third-order valence-electron chi connectivity index (χ3n) is 4.09. The second kappa shape index (κ2) is 6.44. The van der Waals surface area contributed by atoms with Gasteiger partial charge in [-0.25, -0.2) is 13.8 Å². The number of piperidine rings is 1. The highest BCUT2D eigenvalue weighted by Gasteiger charge is 2.30. The second-order valence-electron chi connectivity index (χ2n) is 5.79. The van der Waals surface area contributed by atoms with Crippen LogP contribution in [-0.2, 0) is 11.2 Å². The van der Waals surface area contributed by atoms with Crippen LogP contribution in [0.5, 0.6) is 0 Å². The Kier molecular flexibility index (Phi) is 4.36. The number of aryl methyl sites for hydroxylation is 1. The van der Waals surface area contributed by atoms with E-state index < -0.39 is 11.6 Å². The van der Waals surface area contributed by atoms with Crippen LogP contribution in [0.2, 0.25) is 0 Å². The molecule has 1 atom stereocenters. The van der Waals surface area contributed by atoms with Gasteiger partial charge in [-0.2, -0.15) is 5.10 Å². The number of hydrogen-bond acceptors (Lipinski definition) is 3. The first-order chi connectivity index (χ1) is 11.0. The molecule has 1 aliphatic rings. The summed E-state index contributed by atoms with van der Waals surface area (Å²) < 4.78 is 26.7. The third-order valence-corrected chi connectivity index (χ3v) is 4.09. The van der Waals surface area contributed by atoms with Gasteiger partial charge in [0.25, 0.3) is 0 Å². The molecule has 0 aliphatic carbocycles. The van der Waals surface area contributed by atoms with Gasteiger partial charge in [0.1, 0.15) is 17.5 Å². The number of carbonyl (C=O) groups is 1. The topological polar surface area (TPSA) is 61.9 Å². The first kappa shape index (κ1) is 15.6. The van der Waals surface area contributed by atoms with E-state index in [2.05, 4.69) is 15.2 Å². The summed E-state index contributed by atoms with van der Waals surface area (Å²) in [6.07, 6.45) is 2.59. The van der Waals surface area contributed by atoms with Crippen molar-refractivity contribution in [2.45, 2.75) is 38.6 Å². The molecule has 5 nitrogen and oxygen atoms in total. The van der Waals surface area contributed by atoms with Crippen LogP contribution in [0.4, 0.5) is 8.78 Å². The van der Waals surface area contributed by atoms with Crippen molar-refractivity contribution in [1.29, 1.82) is 0 Å². The predicted molar refractivity (Wildman–Crippen MR) is 79.5 cm³/mol. The summed E-state index contributed by atoms with van der Waals surface area (Å²) in [6.45, 7) is 2.40. The minimum Gasteiger partial charge on any atom is -0.332 e. The van der Waals surface area contributed by atoms with Crippen molar-refractivity contribution in [2.24, 2.45) is 0 Å². The number of nitrogens with zero attached hydrogens (tertiary/aromatic N) is 3. The van der Waals surface area contributed by atoms with E-state index in [0.717, 1.165) is 31.4 Å². The lowest BCUT2D eigenvalue weighted by Gasteiger charge is -2.34. The summed E-state index contributed by atoms with van der Waals surface area (Å²) >= 11 is 0. The molecule has 2 heterocycles. The number of H-pyrrole nitrogens is 1. The summed E-state index contributed by atoms with van der Waals surface area (Å²) in [6, 6.07) is 3.09. The molecule has 122 valence electrons. The number of benzene rings is 1. The molecule has 3 rings (SSSR count). The quantitative estimate of drug-likeness (QED) is 0.946. The molecule has 0 bridgehead atoms. The minimum atomic E-state index is -0.694. The van der Waals surface area contributed by atoms with Crippen molar-refractivity contribution >= 4 is 5.91 Å². The van der Waals surface area contributed by atoms with Crippen LogP contribution in [0.25, 0.3) is 0 Å². The Balaban J connectivity index is 1.78. The highest BCUT2D eigenvalue weighted by molar-refractivity contribution is 5.79. The monoisotopic (exact) mass is 320 g/mol. The molecule has 1 fully saturated rings. The Morgan fingerprint density at radius 3 is 2.91 bits per heavy atom. The molecular formula is C16H18F2N4O. The molecule has 0 radical (unpaired) electrons. The fourth-order valence-electron chi connectivity index (χ4n) is 2.94. The standard InChI is InChI=1S/C16H18F2N4O/c1-10-19-16(21-20-10)14-4-2-3-7-22(14)15(23)8-11-5-6-12(17)9-13(11)18/h5-6,9,14H,2-4,7-8H2,1H3,(H,19,20,21)/t14-/m0/s1. The molecule has 1 aromatic carbocycles. The second-order valence-corrected chi connectivity index (χ2v) is 5.79. The van der Waals surface area contributed by atoms with Crippen molar-refractivity contribution in [3.05, 3.63) is 47.0 Å². The zero-order valence-corrected chi connectivity index (χ0v) is 12.9. The molecule has 23 heavy (non-hydrogen) atoms. The molecule has 1 aliphatic heterocycles. The van der Waals surface area contributed by atoms with Crippen LogP contribution in [0.3, 0.4) is 0 Å². The average Bonchev–Trinajstić information content (AvgIpc) is 2.96. The number of aromatic amines is 1. The highest BCUT2D eigenvalue weighted by Crippen LogP contribution is 2.29. The lowest BCUT2D eigenvalue weighted by atomic mass is 10.00. The number of rotatable bonds is 3. The lowest BCUT2D eigenvalue weighted by molar-refractivity contribution is -0.134. The van der Waals surface area contributed by atoms with Crippen LogP contribution < -0.4 is 0 Å². The molecule has 2 aromatic rings. The van der Waals surface area contributed by atoms with Crippen molar-refractivity contribution < 1.29 is 13.6 Å². The lowest BCUT2D eigenvalue weighted by Crippen LogP contribution is -2.40. The SMILES string of the molecule is Cc1nc([C@@H]2CCCCN2C(=O)Cc2ccc(F)cc2F)n[nH]1. The van der Waals surface area contributed by atoms with Crippen molar-refractivity contribution in [3.63, 3.8) is 0 Å². The summed E-state index contributed by atoms with van der Waals surface area (Å²) in [7, 11) is 0. The van der Waals surface area contributed by atoms with Crippen LogP contribution in [0.15, 0.2) is 18.2 Å². The number of halogens is 2. The van der Waals surface area contributed by atoms with Crippen LogP contribution in [0.1, 0.15) is 42.5 Å². The van der Waals surface area contributed by atoms with E-state index in [9.17, 15) is 13.6 Å². The van der Waals surface area contributed by atoms with Gasteiger partial charge in [-0.1, -0.05) is 6.07 Å². The van der Waals surface area contributed by atoms with Crippen molar-refractivity contribution in [3.8, 4) is 0 Å². The van der Waals surface area contributed by atoms with E-state index in [4.69, 9.17) is 0 Å². The molecule has 1 N–H and O–H groups in total. The Labute approximate surface area is 132 Å². The van der Waals surface area contributed by atoms with Gasteiger partial charge in [0.15, 0.2) is 5.82 Å². The number of aromatic nitrogens is 3. The molecular weight excluding hydrogens is 302 g/mol. The first-order valence-corrected chi connectivity index (χ1v) is 7.67. The van der Waals surface area contributed by atoms with Gasteiger partial charge < -0.3 is 4.90 Å². The van der Waals surface area contributed by atoms with Crippen molar-refractivity contribution in [2.75, 3.05) is 6.54 Å². The van der Waals surface area contributed by atoms with Crippen molar-refractivity contribution in [1.82, 2.24) is 20.1 Å². The van der Waals surface area contributed by atoms with Gasteiger partial charge in [0.2, 0.25) is 5.91 Å². The number of amides is 1. The zero-order chi connectivity index (χ0) is 16.4. The number of likely N-dealkylation sites (tertiary alicyclic amines) is 1. The molecule has 0 unspecified atom stereocenters. The van der Waals surface area contributed by atoms with Crippen LogP contribution >= 0.6 is 0 Å². The van der Waals surface area contributed by atoms with E-state index in [-0.39, 0.29) is 23.9 Å². The molecule has 1 aromatic heterocycles. The molecule has 1 amide bonds. The fraction of sp³-hybridized carbons (Fsp3) is 0.438. The van der Waals surface area contributed by atoms with Gasteiger partial charge in [-0.15, -0.1) is 0 Å². The van der Waals surface area contributed by atoms with Gasteiger partial charge in [-0.05, 0) is 37.8 Å². The maximum atomic E-state index is 13.8. The number of carbonyl (C=O) groups excluding carboxylic acids is 1. The van der Waals surface area contributed by atoms with Crippen LogP contribution in [0, 0.1) is 18.6 Å². The maximum Gasteiger partial charge on any atom is 0.227 e. The van der Waals surface area contributed by atoms with E-state index in [0.29, 0.717) is 18.2 Å². The predicted octanol–water partition coefficient (Wildman–Crippen LogP) is 2.69. The molecule has 0 saturated carbocycles. The van der Waals surface area contributed by atoms with E-state index in [1.54, 1.807) is 11.8 Å². The number of nitrogens with one attached hydrogen (secondary N) is 1. The first-order valence-electron chi connectivity index (χ1n) is 7.67. The fourth-order valence-corrected chi connectivity index (χ4v) is 2.94. The zero-order valence-electron chi connectivity index (χ0n) is 12.9. The Bertz CT molecular complexity index is 716. The normalized spacial score (nSPS) is 18.2. The van der Waals surface area contributed by atoms with Gasteiger partial charge in [-0.3, -0.25) is 9.89 Å². The summed E-state index contributed by atoms with van der Waals surface area (Å²) in [5.74, 6) is -0.244. The van der Waals surface area contributed by atoms with Gasteiger partial charge >= 0.3 is 0 Å². The Morgan fingerprint density at radius 1 is 1.39 bits per heavy atom. The smallest absolute Gasteiger partial charge is 0.227 e. The van der Waals surface area contributed by atoms with Gasteiger partial charge in [0, 0.05) is 12.6 Å². The summed E-state index contributed by atoms with van der Waals surface area (Å²) in [4.78, 5) is 18.6. The molecule has 1 saturated heterocycles. The van der Waals surface area contributed by atoms with Crippen LogP contribution in [-0.4, -0.2) is 32.5 Å². The highest BCUT2D eigenvalue weighted by atomic mass is 19.1. The van der Waals surface area contributed by atoms with E-state index in [1.807, 2.05) is 0 Å². The van der Waals surface area contributed by atoms with E-state index in [1.165, 1.54) is 6.07 Å². The Morgan fingerprint density at radius 2 is 2.22 bits per heavy atom. The largest absolute Gasteiger partial charge is 0.332 e. The Hall–Kier alpha value is -2.31. The minimum absolute atomic E-state index is 0.0913. The summed E-state index contributed by atoms with van der Waals surface area (Å²) in [5.41, 5.74) is 0.201. The maximum absolute atomic E-state index is 13.8. The summed E-state index contributed by atoms with van der Waals surface area (Å²) in [5, 5.41) is 6.94. The molecule has 0 spiro atoms. The number of hydrogen-bond donors (Lipinski definition) is 1. The van der Waals surface area contributed by atoms with Gasteiger partial charge in [0.05, 0.1) is 12.5 Å². The molecule has 7 heteroatoms. The third kappa shape index (κ3) is 3.38.